The van der Waals surface area contributed by atoms with Crippen LogP contribution in [0.5, 0.6) is 5.75 Å². The summed E-state index contributed by atoms with van der Waals surface area (Å²) < 4.78 is 11.2. The van der Waals surface area contributed by atoms with E-state index in [0.717, 1.165) is 10.9 Å². The van der Waals surface area contributed by atoms with Crippen LogP contribution in [0, 0.1) is 0 Å². The predicted octanol–water partition coefficient (Wildman–Crippen LogP) is 2.37. The highest BCUT2D eigenvalue weighted by atomic mass is 79.9. The number of rotatable bonds is 3. The van der Waals surface area contributed by atoms with Crippen molar-refractivity contribution < 1.29 is 14.3 Å². The van der Waals surface area contributed by atoms with Gasteiger partial charge in [-0.25, -0.2) is 0 Å². The van der Waals surface area contributed by atoms with Gasteiger partial charge in [-0.2, -0.15) is 0 Å². The second-order valence-corrected chi connectivity index (χ2v) is 5.52. The second-order valence-electron chi connectivity index (χ2n) is 4.67. The maximum absolute atomic E-state index is 12.1. The van der Waals surface area contributed by atoms with Crippen LogP contribution in [-0.4, -0.2) is 31.8 Å². The number of hydrogen-bond donors (Lipinski definition) is 1. The Morgan fingerprint density at radius 2 is 2.33 bits per heavy atom. The topological polar surface area (TPSA) is 47.6 Å². The van der Waals surface area contributed by atoms with Gasteiger partial charge in [-0.15, -0.1) is 0 Å². The molecule has 98 valence electrons. The normalized spacial score (nSPS) is 22.8. The Balaban J connectivity index is 2.11. The summed E-state index contributed by atoms with van der Waals surface area (Å²) in [7, 11) is 1.59. The summed E-state index contributed by atoms with van der Waals surface area (Å²) in [5.74, 6) is 0.619. The van der Waals surface area contributed by atoms with Crippen LogP contribution in [-0.2, 0) is 4.74 Å². The molecule has 18 heavy (non-hydrogen) atoms. The van der Waals surface area contributed by atoms with Gasteiger partial charge in [-0.3, -0.25) is 4.79 Å². The van der Waals surface area contributed by atoms with Crippen molar-refractivity contribution in [2.24, 2.45) is 0 Å². The Hall–Kier alpha value is -1.07. The minimum Gasteiger partial charge on any atom is -0.496 e. The van der Waals surface area contributed by atoms with Crippen molar-refractivity contribution in [3.63, 3.8) is 0 Å². The Morgan fingerprint density at radius 1 is 1.56 bits per heavy atom. The van der Waals surface area contributed by atoms with Crippen LogP contribution < -0.4 is 10.1 Å². The van der Waals surface area contributed by atoms with E-state index < -0.39 is 0 Å². The molecule has 1 aliphatic heterocycles. The van der Waals surface area contributed by atoms with E-state index in [1.807, 2.05) is 6.92 Å². The summed E-state index contributed by atoms with van der Waals surface area (Å²) in [6.07, 6.45) is 0.843. The van der Waals surface area contributed by atoms with Crippen LogP contribution in [0.2, 0.25) is 0 Å². The van der Waals surface area contributed by atoms with Crippen LogP contribution in [0.1, 0.15) is 23.7 Å². The van der Waals surface area contributed by atoms with E-state index in [1.165, 1.54) is 0 Å². The highest BCUT2D eigenvalue weighted by Gasteiger charge is 2.31. The summed E-state index contributed by atoms with van der Waals surface area (Å²) in [6.45, 7) is 3.26. The summed E-state index contributed by atoms with van der Waals surface area (Å²) in [4.78, 5) is 12.1. The van der Waals surface area contributed by atoms with E-state index in [9.17, 15) is 4.79 Å². The van der Waals surface area contributed by atoms with Crippen molar-refractivity contribution in [3.05, 3.63) is 28.2 Å². The lowest BCUT2D eigenvalue weighted by Crippen LogP contribution is -2.46. The summed E-state index contributed by atoms with van der Waals surface area (Å²) >= 11 is 3.37. The van der Waals surface area contributed by atoms with Gasteiger partial charge in [0.25, 0.3) is 5.91 Å². The molecule has 0 spiro atoms. The Morgan fingerprint density at radius 3 is 2.89 bits per heavy atom. The number of amides is 1. The van der Waals surface area contributed by atoms with E-state index >= 15 is 0 Å². The molecule has 0 saturated carbocycles. The van der Waals surface area contributed by atoms with Gasteiger partial charge in [0.2, 0.25) is 0 Å². The van der Waals surface area contributed by atoms with Crippen LogP contribution in [0.4, 0.5) is 0 Å². The fourth-order valence-electron chi connectivity index (χ4n) is 1.92. The van der Waals surface area contributed by atoms with Gasteiger partial charge in [-0.1, -0.05) is 0 Å². The minimum absolute atomic E-state index is 0.0913. The first-order valence-corrected chi connectivity index (χ1v) is 6.57. The number of halogens is 1. The van der Waals surface area contributed by atoms with Crippen LogP contribution >= 0.6 is 15.9 Å². The molecule has 2 rings (SSSR count). The Kier molecular flexibility index (Phi) is 3.92. The zero-order chi connectivity index (χ0) is 13.2. The van der Waals surface area contributed by atoms with Crippen LogP contribution in [0.3, 0.4) is 0 Å². The SMILES string of the molecule is COc1ccc(C(=O)NC2(C)CCOC2)cc1Br. The quantitative estimate of drug-likeness (QED) is 0.932. The molecule has 1 aromatic carbocycles. The third-order valence-corrected chi connectivity index (χ3v) is 3.67. The van der Waals surface area contributed by atoms with E-state index in [-0.39, 0.29) is 11.4 Å². The first-order chi connectivity index (χ1) is 8.54. The molecule has 5 heteroatoms. The number of hydrogen-bond acceptors (Lipinski definition) is 3. The zero-order valence-electron chi connectivity index (χ0n) is 10.5. The zero-order valence-corrected chi connectivity index (χ0v) is 12.0. The average molecular weight is 314 g/mol. The first-order valence-electron chi connectivity index (χ1n) is 5.78. The standard InChI is InChI=1S/C13H16BrNO3/c1-13(5-6-18-8-13)15-12(16)9-3-4-11(17-2)10(14)7-9/h3-4,7H,5-6,8H2,1-2H3,(H,15,16). The largest absolute Gasteiger partial charge is 0.496 e. The smallest absolute Gasteiger partial charge is 0.251 e. The molecule has 0 radical (unpaired) electrons. The highest BCUT2D eigenvalue weighted by molar-refractivity contribution is 9.10. The summed E-state index contributed by atoms with van der Waals surface area (Å²) in [5.41, 5.74) is 0.347. The van der Waals surface area contributed by atoms with E-state index in [4.69, 9.17) is 9.47 Å². The fourth-order valence-corrected chi connectivity index (χ4v) is 2.46. The summed E-state index contributed by atoms with van der Waals surface area (Å²) in [6, 6.07) is 5.28. The molecule has 1 amide bonds. The van der Waals surface area contributed by atoms with Gasteiger partial charge < -0.3 is 14.8 Å². The third-order valence-electron chi connectivity index (χ3n) is 3.05. The molecule has 1 N–H and O–H groups in total. The van der Waals surface area contributed by atoms with Crippen molar-refractivity contribution in [1.29, 1.82) is 0 Å². The van der Waals surface area contributed by atoms with Crippen molar-refractivity contribution >= 4 is 21.8 Å². The maximum Gasteiger partial charge on any atom is 0.251 e. The van der Waals surface area contributed by atoms with Crippen molar-refractivity contribution in [1.82, 2.24) is 5.32 Å². The van der Waals surface area contributed by atoms with Crippen molar-refractivity contribution in [2.75, 3.05) is 20.3 Å². The lowest BCUT2D eigenvalue weighted by molar-refractivity contribution is 0.0890. The third kappa shape index (κ3) is 2.84. The lowest BCUT2D eigenvalue weighted by atomic mass is 10.0. The predicted molar refractivity (Wildman–Crippen MR) is 72.0 cm³/mol. The van der Waals surface area contributed by atoms with Crippen LogP contribution in [0.15, 0.2) is 22.7 Å². The van der Waals surface area contributed by atoms with Gasteiger partial charge in [0.15, 0.2) is 0 Å². The first kappa shape index (κ1) is 13.4. The van der Waals surface area contributed by atoms with E-state index in [0.29, 0.717) is 24.5 Å². The van der Waals surface area contributed by atoms with Crippen LogP contribution in [0.25, 0.3) is 0 Å². The van der Waals surface area contributed by atoms with Gasteiger partial charge in [0, 0.05) is 12.2 Å². The molecule has 1 saturated heterocycles. The number of carbonyl (C=O) groups excluding carboxylic acids is 1. The molecule has 1 aliphatic rings. The summed E-state index contributed by atoms with van der Waals surface area (Å²) in [5, 5.41) is 3.01. The number of nitrogens with one attached hydrogen (secondary N) is 1. The molecule has 0 aliphatic carbocycles. The average Bonchev–Trinajstić information content (AvgIpc) is 2.75. The number of benzene rings is 1. The highest BCUT2D eigenvalue weighted by Crippen LogP contribution is 2.26. The van der Waals surface area contributed by atoms with E-state index in [1.54, 1.807) is 25.3 Å². The molecule has 1 aromatic rings. The van der Waals surface area contributed by atoms with Gasteiger partial charge in [0.1, 0.15) is 5.75 Å². The molecule has 1 heterocycles. The second kappa shape index (κ2) is 5.28. The minimum atomic E-state index is -0.260. The molecule has 0 aromatic heterocycles. The Bertz CT molecular complexity index is 456. The fraction of sp³-hybridized carbons (Fsp3) is 0.462. The number of carbonyl (C=O) groups is 1. The lowest BCUT2D eigenvalue weighted by Gasteiger charge is -2.23. The van der Waals surface area contributed by atoms with Gasteiger partial charge in [0.05, 0.1) is 23.7 Å². The molecular weight excluding hydrogens is 298 g/mol. The molecule has 1 atom stereocenters. The van der Waals surface area contributed by atoms with Gasteiger partial charge in [-0.05, 0) is 47.5 Å². The van der Waals surface area contributed by atoms with Crippen molar-refractivity contribution in [3.8, 4) is 5.75 Å². The monoisotopic (exact) mass is 313 g/mol. The molecule has 0 bridgehead atoms. The molecule has 1 fully saturated rings. The number of methoxy groups -OCH3 is 1. The van der Waals surface area contributed by atoms with Gasteiger partial charge >= 0.3 is 0 Å². The maximum atomic E-state index is 12.1. The van der Waals surface area contributed by atoms with Crippen molar-refractivity contribution in [2.45, 2.75) is 18.9 Å². The molecular formula is C13H16BrNO3. The number of ether oxygens (including phenoxy) is 2. The molecule has 1 unspecified atom stereocenters. The molecule has 4 nitrogen and oxygen atoms in total. The van der Waals surface area contributed by atoms with E-state index in [2.05, 4.69) is 21.2 Å². The Labute approximate surface area is 115 Å².